The lowest BCUT2D eigenvalue weighted by Crippen LogP contribution is -2.05. The molecular weight excluding hydrogens is 232 g/mol. The Morgan fingerprint density at radius 2 is 1.83 bits per heavy atom. The number of carbonyl (C=O) groups excluding carboxylic acids is 1. The van der Waals surface area contributed by atoms with Gasteiger partial charge in [-0.15, -0.1) is 0 Å². The average Bonchev–Trinajstić information content (AvgIpc) is 2.89. The molecule has 0 amide bonds. The van der Waals surface area contributed by atoms with E-state index in [9.17, 15) is 4.79 Å². The monoisotopic (exact) mass is 246 g/mol. The van der Waals surface area contributed by atoms with Gasteiger partial charge in [0.05, 0.1) is 0 Å². The number of rotatable bonds is 5. The van der Waals surface area contributed by atoms with Crippen LogP contribution in [0.25, 0.3) is 11.3 Å². The fourth-order valence-corrected chi connectivity index (χ4v) is 1.84. The molecule has 0 fully saturated rings. The van der Waals surface area contributed by atoms with E-state index in [4.69, 9.17) is 13.9 Å². The van der Waals surface area contributed by atoms with Crippen molar-refractivity contribution in [2.75, 3.05) is 14.2 Å². The number of hydrogen-bond acceptors (Lipinski definition) is 4. The summed E-state index contributed by atoms with van der Waals surface area (Å²) < 4.78 is 15.9. The van der Waals surface area contributed by atoms with Crippen LogP contribution in [0.15, 0.2) is 40.8 Å². The lowest BCUT2D eigenvalue weighted by Gasteiger charge is -2.16. The molecule has 0 saturated heterocycles. The molecule has 0 unspecified atom stereocenters. The molecule has 0 radical (unpaired) electrons. The number of methoxy groups -OCH3 is 2. The van der Waals surface area contributed by atoms with Gasteiger partial charge in [-0.1, -0.05) is 24.3 Å². The van der Waals surface area contributed by atoms with Gasteiger partial charge >= 0.3 is 0 Å². The van der Waals surface area contributed by atoms with Crippen molar-refractivity contribution in [2.45, 2.75) is 6.29 Å². The minimum Gasteiger partial charge on any atom is -0.453 e. The number of aldehydes is 1. The molecule has 0 N–H and O–H groups in total. The third-order valence-corrected chi connectivity index (χ3v) is 2.65. The normalized spacial score (nSPS) is 10.8. The smallest absolute Gasteiger partial charge is 0.185 e. The van der Waals surface area contributed by atoms with Crippen LogP contribution in [0.4, 0.5) is 0 Å². The van der Waals surface area contributed by atoms with Crippen molar-refractivity contribution in [1.82, 2.24) is 0 Å². The topological polar surface area (TPSA) is 48.7 Å². The minimum atomic E-state index is -0.467. The number of carbonyl (C=O) groups is 1. The first-order chi connectivity index (χ1) is 8.80. The molecule has 0 bridgehead atoms. The van der Waals surface area contributed by atoms with E-state index in [1.54, 1.807) is 26.4 Å². The van der Waals surface area contributed by atoms with Crippen molar-refractivity contribution in [3.8, 4) is 11.3 Å². The van der Waals surface area contributed by atoms with Crippen LogP contribution in [-0.2, 0) is 9.47 Å². The maximum absolute atomic E-state index is 10.6. The molecule has 18 heavy (non-hydrogen) atoms. The molecule has 0 aliphatic carbocycles. The number of furan rings is 1. The highest BCUT2D eigenvalue weighted by atomic mass is 16.7. The van der Waals surface area contributed by atoms with Crippen LogP contribution in [0.2, 0.25) is 0 Å². The van der Waals surface area contributed by atoms with Gasteiger partial charge in [0.25, 0.3) is 0 Å². The third-order valence-electron chi connectivity index (χ3n) is 2.65. The maximum Gasteiger partial charge on any atom is 0.185 e. The first-order valence-corrected chi connectivity index (χ1v) is 5.50. The van der Waals surface area contributed by atoms with Gasteiger partial charge in [0.2, 0.25) is 0 Å². The van der Waals surface area contributed by atoms with Crippen LogP contribution in [0.1, 0.15) is 22.4 Å². The number of hydrogen-bond donors (Lipinski definition) is 0. The van der Waals surface area contributed by atoms with E-state index in [0.717, 1.165) is 11.1 Å². The maximum atomic E-state index is 10.6. The summed E-state index contributed by atoms with van der Waals surface area (Å²) in [5.41, 5.74) is 1.70. The second-order valence-electron chi connectivity index (χ2n) is 3.71. The highest BCUT2D eigenvalue weighted by molar-refractivity contribution is 5.73. The molecule has 94 valence electrons. The summed E-state index contributed by atoms with van der Waals surface area (Å²) in [4.78, 5) is 10.6. The fraction of sp³-hybridized carbons (Fsp3) is 0.214. The molecule has 0 aliphatic heterocycles. The van der Waals surface area contributed by atoms with Gasteiger partial charge in [0.15, 0.2) is 18.3 Å². The molecule has 1 heterocycles. The van der Waals surface area contributed by atoms with E-state index in [1.807, 2.05) is 24.3 Å². The molecule has 4 nitrogen and oxygen atoms in total. The van der Waals surface area contributed by atoms with Gasteiger partial charge in [-0.2, -0.15) is 0 Å². The van der Waals surface area contributed by atoms with Crippen LogP contribution in [0, 0.1) is 0 Å². The lowest BCUT2D eigenvalue weighted by atomic mass is 10.1. The number of benzene rings is 1. The molecule has 0 saturated carbocycles. The Kier molecular flexibility index (Phi) is 3.92. The molecule has 0 atom stereocenters. The predicted molar refractivity (Wildman–Crippen MR) is 66.3 cm³/mol. The SMILES string of the molecule is COC(OC)c1ccccc1-c1ccc(C=O)o1. The molecule has 4 heteroatoms. The van der Waals surface area contributed by atoms with Crippen molar-refractivity contribution in [2.24, 2.45) is 0 Å². The fourth-order valence-electron chi connectivity index (χ4n) is 1.84. The van der Waals surface area contributed by atoms with Gasteiger partial charge in [-0.25, -0.2) is 0 Å². The first-order valence-electron chi connectivity index (χ1n) is 5.50. The second-order valence-corrected chi connectivity index (χ2v) is 3.71. The lowest BCUT2D eigenvalue weighted by molar-refractivity contribution is -0.105. The van der Waals surface area contributed by atoms with E-state index in [0.29, 0.717) is 17.8 Å². The van der Waals surface area contributed by atoms with E-state index >= 15 is 0 Å². The average molecular weight is 246 g/mol. The van der Waals surface area contributed by atoms with Crippen LogP contribution < -0.4 is 0 Å². The van der Waals surface area contributed by atoms with Gasteiger partial charge in [0, 0.05) is 25.3 Å². The van der Waals surface area contributed by atoms with Gasteiger partial charge < -0.3 is 13.9 Å². The molecule has 1 aromatic heterocycles. The molecular formula is C14H14O4. The molecule has 0 spiro atoms. The summed E-state index contributed by atoms with van der Waals surface area (Å²) in [6.45, 7) is 0. The van der Waals surface area contributed by atoms with Crippen LogP contribution >= 0.6 is 0 Å². The minimum absolute atomic E-state index is 0.297. The van der Waals surface area contributed by atoms with Crippen molar-refractivity contribution < 1.29 is 18.7 Å². The second kappa shape index (κ2) is 5.62. The van der Waals surface area contributed by atoms with Crippen LogP contribution in [0.3, 0.4) is 0 Å². The summed E-state index contributed by atoms with van der Waals surface area (Å²) in [6, 6.07) is 11.0. The standard InChI is InChI=1S/C14H14O4/c1-16-14(17-2)12-6-4-3-5-11(12)13-8-7-10(9-15)18-13/h3-9,14H,1-2H3. The van der Waals surface area contributed by atoms with E-state index in [1.165, 1.54) is 0 Å². The van der Waals surface area contributed by atoms with Crippen molar-refractivity contribution in [3.05, 3.63) is 47.7 Å². The zero-order valence-corrected chi connectivity index (χ0v) is 10.3. The Bertz CT molecular complexity index is 526. The third kappa shape index (κ3) is 2.34. The Balaban J connectivity index is 2.46. The molecule has 2 rings (SSSR count). The Hall–Kier alpha value is -1.91. The highest BCUT2D eigenvalue weighted by Gasteiger charge is 2.16. The van der Waals surface area contributed by atoms with E-state index in [2.05, 4.69) is 0 Å². The molecule has 1 aromatic carbocycles. The van der Waals surface area contributed by atoms with Crippen molar-refractivity contribution in [3.63, 3.8) is 0 Å². The van der Waals surface area contributed by atoms with Gasteiger partial charge in [-0.3, -0.25) is 4.79 Å². The summed E-state index contributed by atoms with van der Waals surface area (Å²) in [5, 5.41) is 0. The Labute approximate surface area is 105 Å². The van der Waals surface area contributed by atoms with E-state index < -0.39 is 6.29 Å². The van der Waals surface area contributed by atoms with Crippen LogP contribution in [0.5, 0.6) is 0 Å². The Morgan fingerprint density at radius 3 is 2.44 bits per heavy atom. The van der Waals surface area contributed by atoms with Crippen LogP contribution in [-0.4, -0.2) is 20.5 Å². The summed E-state index contributed by atoms with van der Waals surface area (Å²) in [5.74, 6) is 0.915. The largest absolute Gasteiger partial charge is 0.453 e. The van der Waals surface area contributed by atoms with Crippen molar-refractivity contribution in [1.29, 1.82) is 0 Å². The zero-order valence-electron chi connectivity index (χ0n) is 10.3. The molecule has 2 aromatic rings. The molecule has 0 aliphatic rings. The summed E-state index contributed by atoms with van der Waals surface area (Å²) >= 11 is 0. The zero-order chi connectivity index (χ0) is 13.0. The van der Waals surface area contributed by atoms with Crippen molar-refractivity contribution >= 4 is 6.29 Å². The summed E-state index contributed by atoms with van der Waals surface area (Å²) in [6.07, 6.45) is 0.210. The highest BCUT2D eigenvalue weighted by Crippen LogP contribution is 2.31. The van der Waals surface area contributed by atoms with Gasteiger partial charge in [0.1, 0.15) is 5.76 Å². The predicted octanol–water partition coefficient (Wildman–Crippen LogP) is 3.05. The van der Waals surface area contributed by atoms with Gasteiger partial charge in [-0.05, 0) is 12.1 Å². The summed E-state index contributed by atoms with van der Waals surface area (Å²) in [7, 11) is 3.15. The first kappa shape index (κ1) is 12.5. The number of ether oxygens (including phenoxy) is 2. The van der Waals surface area contributed by atoms with E-state index in [-0.39, 0.29) is 0 Å². The quantitative estimate of drug-likeness (QED) is 0.601. The Morgan fingerprint density at radius 1 is 1.11 bits per heavy atom.